The highest BCUT2D eigenvalue weighted by Gasteiger charge is 2.47. The van der Waals surface area contributed by atoms with Crippen LogP contribution in [-0.4, -0.2) is 24.3 Å². The molecule has 2 heteroatoms. The molecule has 2 nitrogen and oxygen atoms in total. The van der Waals surface area contributed by atoms with Gasteiger partial charge in [0.25, 0.3) is 0 Å². The fourth-order valence-electron chi connectivity index (χ4n) is 1.65. The van der Waals surface area contributed by atoms with Gasteiger partial charge in [0, 0.05) is 6.04 Å². The van der Waals surface area contributed by atoms with Gasteiger partial charge in [-0.1, -0.05) is 0 Å². The van der Waals surface area contributed by atoms with E-state index in [4.69, 9.17) is 5.11 Å². The van der Waals surface area contributed by atoms with Gasteiger partial charge < -0.3 is 10.4 Å². The van der Waals surface area contributed by atoms with E-state index >= 15 is 0 Å². The molecule has 0 amide bonds. The van der Waals surface area contributed by atoms with Gasteiger partial charge in [-0.25, -0.2) is 0 Å². The van der Waals surface area contributed by atoms with Crippen LogP contribution in [0.5, 0.6) is 0 Å². The fourth-order valence-corrected chi connectivity index (χ4v) is 1.65. The Morgan fingerprint density at radius 1 is 1.62 bits per heavy atom. The molecule has 1 heterocycles. The molecule has 1 aliphatic carbocycles. The van der Waals surface area contributed by atoms with Crippen molar-refractivity contribution in [2.75, 3.05) is 13.2 Å². The first-order valence-electron chi connectivity index (χ1n) is 3.26. The second-order valence-electron chi connectivity index (χ2n) is 2.86. The van der Waals surface area contributed by atoms with Gasteiger partial charge in [-0.3, -0.25) is 0 Å². The normalized spacial score (nSPS) is 51.4. The highest BCUT2D eigenvalue weighted by molar-refractivity contribution is 5.01. The van der Waals surface area contributed by atoms with Crippen molar-refractivity contribution in [3.8, 4) is 0 Å². The van der Waals surface area contributed by atoms with Gasteiger partial charge in [0.2, 0.25) is 0 Å². The maximum Gasteiger partial charge on any atom is 0.0587 e. The van der Waals surface area contributed by atoms with Gasteiger partial charge in [-0.05, 0) is 24.8 Å². The molecular weight excluding hydrogens is 102 g/mol. The van der Waals surface area contributed by atoms with Crippen molar-refractivity contribution in [3.63, 3.8) is 0 Å². The van der Waals surface area contributed by atoms with Gasteiger partial charge in [0.05, 0.1) is 6.61 Å². The summed E-state index contributed by atoms with van der Waals surface area (Å²) in [4.78, 5) is 0. The largest absolute Gasteiger partial charge is 0.395 e. The van der Waals surface area contributed by atoms with Crippen LogP contribution < -0.4 is 5.32 Å². The molecular formula is C6H11NO. The minimum Gasteiger partial charge on any atom is -0.395 e. The van der Waals surface area contributed by atoms with E-state index in [9.17, 15) is 0 Å². The molecule has 0 aromatic rings. The van der Waals surface area contributed by atoms with Gasteiger partial charge in [0.1, 0.15) is 0 Å². The molecule has 2 rings (SSSR count). The second-order valence-corrected chi connectivity index (χ2v) is 2.86. The molecule has 1 saturated carbocycles. The summed E-state index contributed by atoms with van der Waals surface area (Å²) in [7, 11) is 0. The average Bonchev–Trinajstić information content (AvgIpc) is 2.46. The summed E-state index contributed by atoms with van der Waals surface area (Å²) in [5.41, 5.74) is 0. The van der Waals surface area contributed by atoms with Crippen LogP contribution in [-0.2, 0) is 0 Å². The predicted octanol–water partition coefficient (Wildman–Crippen LogP) is -0.413. The number of aliphatic hydroxyl groups is 1. The lowest BCUT2D eigenvalue weighted by Crippen LogP contribution is -2.29. The topological polar surface area (TPSA) is 32.3 Å². The summed E-state index contributed by atoms with van der Waals surface area (Å²) in [5.74, 6) is 1.76. The third-order valence-electron chi connectivity index (χ3n) is 2.33. The Morgan fingerprint density at radius 2 is 2.50 bits per heavy atom. The average molecular weight is 113 g/mol. The Morgan fingerprint density at radius 3 is 2.75 bits per heavy atom. The number of aliphatic hydroxyl groups excluding tert-OH is 1. The predicted molar refractivity (Wildman–Crippen MR) is 30.5 cm³/mol. The zero-order valence-corrected chi connectivity index (χ0v) is 4.80. The summed E-state index contributed by atoms with van der Waals surface area (Å²) in [6, 6.07) is 0.444. The van der Waals surface area contributed by atoms with Gasteiger partial charge in [-0.2, -0.15) is 0 Å². The van der Waals surface area contributed by atoms with E-state index in [1.807, 2.05) is 0 Å². The molecule has 2 N–H and O–H groups in total. The lowest BCUT2D eigenvalue weighted by Gasteiger charge is -2.06. The highest BCUT2D eigenvalue weighted by Crippen LogP contribution is 2.44. The van der Waals surface area contributed by atoms with Gasteiger partial charge in [-0.15, -0.1) is 0 Å². The number of rotatable bonds is 1. The minimum absolute atomic E-state index is 0.334. The van der Waals surface area contributed by atoms with Crippen molar-refractivity contribution < 1.29 is 5.11 Å². The zero-order chi connectivity index (χ0) is 5.56. The first-order valence-corrected chi connectivity index (χ1v) is 3.26. The van der Waals surface area contributed by atoms with E-state index in [1.54, 1.807) is 0 Å². The van der Waals surface area contributed by atoms with Crippen LogP contribution in [0.3, 0.4) is 0 Å². The smallest absolute Gasteiger partial charge is 0.0587 e. The standard InChI is InChI=1S/C6H11NO/c8-3-6-5-1-4(5)2-7-6/h4-8H,1-3H2/t4-,5?,6-/m0/s1. The molecule has 3 atom stereocenters. The van der Waals surface area contributed by atoms with Crippen LogP contribution in [0.15, 0.2) is 0 Å². The first kappa shape index (κ1) is 4.77. The Kier molecular flexibility index (Phi) is 0.866. The second kappa shape index (κ2) is 1.45. The lowest BCUT2D eigenvalue weighted by atomic mass is 10.2. The molecule has 0 aromatic heterocycles. The van der Waals surface area contributed by atoms with Crippen molar-refractivity contribution in [2.45, 2.75) is 12.5 Å². The molecule has 1 unspecified atom stereocenters. The maximum absolute atomic E-state index is 8.70. The summed E-state index contributed by atoms with van der Waals surface area (Å²) in [5, 5.41) is 12.0. The maximum atomic E-state index is 8.70. The van der Waals surface area contributed by atoms with Crippen LogP contribution in [0.2, 0.25) is 0 Å². The van der Waals surface area contributed by atoms with Gasteiger partial charge in [0.15, 0.2) is 0 Å². The Labute approximate surface area is 48.9 Å². The number of hydrogen-bond acceptors (Lipinski definition) is 2. The van der Waals surface area contributed by atoms with E-state index in [-0.39, 0.29) is 0 Å². The highest BCUT2D eigenvalue weighted by atomic mass is 16.3. The molecule has 8 heavy (non-hydrogen) atoms. The molecule has 46 valence electrons. The van der Waals surface area contributed by atoms with E-state index < -0.39 is 0 Å². The first-order chi connectivity index (χ1) is 3.92. The lowest BCUT2D eigenvalue weighted by molar-refractivity contribution is 0.242. The minimum atomic E-state index is 0.334. The van der Waals surface area contributed by atoms with Crippen molar-refractivity contribution >= 4 is 0 Å². The third-order valence-corrected chi connectivity index (χ3v) is 2.33. The van der Waals surface area contributed by atoms with Crippen LogP contribution in [0.1, 0.15) is 6.42 Å². The summed E-state index contributed by atoms with van der Waals surface area (Å²) in [6.07, 6.45) is 1.36. The van der Waals surface area contributed by atoms with E-state index in [0.29, 0.717) is 12.6 Å². The van der Waals surface area contributed by atoms with Crippen molar-refractivity contribution in [2.24, 2.45) is 11.8 Å². The monoisotopic (exact) mass is 113 g/mol. The molecule has 0 bridgehead atoms. The van der Waals surface area contributed by atoms with Crippen LogP contribution >= 0.6 is 0 Å². The van der Waals surface area contributed by atoms with Gasteiger partial charge >= 0.3 is 0 Å². The van der Waals surface area contributed by atoms with Crippen LogP contribution in [0.4, 0.5) is 0 Å². The summed E-state index contributed by atoms with van der Waals surface area (Å²) in [6.45, 7) is 1.48. The number of piperidine rings is 1. The van der Waals surface area contributed by atoms with E-state index in [0.717, 1.165) is 18.4 Å². The quantitative estimate of drug-likeness (QED) is 0.484. The number of fused-ring (bicyclic) bond motifs is 1. The molecule has 0 spiro atoms. The zero-order valence-electron chi connectivity index (χ0n) is 4.80. The van der Waals surface area contributed by atoms with Crippen molar-refractivity contribution in [1.29, 1.82) is 0 Å². The molecule has 1 aliphatic heterocycles. The molecule has 1 saturated heterocycles. The molecule has 0 aromatic carbocycles. The SMILES string of the molecule is OC[C@@H]1NC[C@@H]2CC21. The summed E-state index contributed by atoms with van der Waals surface area (Å²) < 4.78 is 0. The Bertz CT molecular complexity index is 105. The Hall–Kier alpha value is -0.0800. The van der Waals surface area contributed by atoms with Crippen LogP contribution in [0, 0.1) is 11.8 Å². The molecule has 0 radical (unpaired) electrons. The summed E-state index contributed by atoms with van der Waals surface area (Å²) >= 11 is 0. The third kappa shape index (κ3) is 0.501. The van der Waals surface area contributed by atoms with Crippen LogP contribution in [0.25, 0.3) is 0 Å². The Balaban J connectivity index is 1.97. The van der Waals surface area contributed by atoms with E-state index in [1.165, 1.54) is 6.42 Å². The van der Waals surface area contributed by atoms with Crippen molar-refractivity contribution in [3.05, 3.63) is 0 Å². The molecule has 2 fully saturated rings. The van der Waals surface area contributed by atoms with Crippen molar-refractivity contribution in [1.82, 2.24) is 5.32 Å². The van der Waals surface area contributed by atoms with E-state index in [2.05, 4.69) is 5.32 Å². The molecule has 2 aliphatic rings. The fraction of sp³-hybridized carbons (Fsp3) is 1.00. The number of hydrogen-bond donors (Lipinski definition) is 2. The number of nitrogens with one attached hydrogen (secondary N) is 1.